The number of benzene rings is 1. The number of amides is 1. The van der Waals surface area contributed by atoms with E-state index in [1.165, 1.54) is 47.0 Å². The van der Waals surface area contributed by atoms with Crippen LogP contribution in [0.15, 0.2) is 83.0 Å². The Balaban J connectivity index is 1.59. The minimum Gasteiger partial charge on any atom is -0.268 e. The lowest BCUT2D eigenvalue weighted by Gasteiger charge is -2.32. The molecule has 0 aliphatic heterocycles. The van der Waals surface area contributed by atoms with Crippen molar-refractivity contribution in [2.75, 3.05) is 5.43 Å². The molecule has 1 aliphatic rings. The highest BCUT2D eigenvalue weighted by atomic mass is 16.2. The standard InChI is InChI=1S/C26H32N4O/c1-19(15-16-22-21(3)12-9-17-26(22,4)5)10-8-11-20(2)18-25(31)29-30-27-23-13-6-7-14-24(23)28-30/h6-8,10-11,13-16,18H,9,12,17H2,1-5H3,(H,29,31). The van der Waals surface area contributed by atoms with Gasteiger partial charge in [0.15, 0.2) is 0 Å². The molecular formula is C26H32N4O. The molecule has 0 bridgehead atoms. The van der Waals surface area contributed by atoms with E-state index in [2.05, 4.69) is 61.5 Å². The van der Waals surface area contributed by atoms with Crippen molar-refractivity contribution in [3.8, 4) is 0 Å². The predicted octanol–water partition coefficient (Wildman–Crippen LogP) is 6.03. The van der Waals surface area contributed by atoms with E-state index in [1.807, 2.05) is 43.3 Å². The first-order valence-corrected chi connectivity index (χ1v) is 10.8. The highest BCUT2D eigenvalue weighted by Gasteiger charge is 2.26. The maximum atomic E-state index is 12.2. The van der Waals surface area contributed by atoms with E-state index in [0.29, 0.717) is 0 Å². The smallest absolute Gasteiger partial charge is 0.265 e. The van der Waals surface area contributed by atoms with Crippen LogP contribution in [0.3, 0.4) is 0 Å². The average Bonchev–Trinajstić information content (AvgIpc) is 3.09. The molecule has 2 aromatic rings. The SMILES string of the molecule is CC(C=CC1=C(C)CCCC1(C)C)=CC=CC(C)=CC(=O)Nn1nc2ccccc2n1. The number of nitrogens with one attached hydrogen (secondary N) is 1. The number of fused-ring (bicyclic) bond motifs is 1. The van der Waals surface area contributed by atoms with Crippen molar-refractivity contribution in [3.63, 3.8) is 0 Å². The first-order chi connectivity index (χ1) is 14.7. The summed E-state index contributed by atoms with van der Waals surface area (Å²) in [6.07, 6.45) is 15.6. The molecule has 0 spiro atoms. The summed E-state index contributed by atoms with van der Waals surface area (Å²) in [5.41, 5.74) is 9.33. The van der Waals surface area contributed by atoms with Crippen molar-refractivity contribution in [1.29, 1.82) is 0 Å². The normalized spacial score (nSPS) is 17.8. The lowest BCUT2D eigenvalue weighted by atomic mass is 9.72. The maximum Gasteiger partial charge on any atom is 0.265 e. The lowest BCUT2D eigenvalue weighted by molar-refractivity contribution is -0.113. The van der Waals surface area contributed by atoms with Crippen molar-refractivity contribution in [3.05, 3.63) is 83.0 Å². The molecule has 0 saturated carbocycles. The largest absolute Gasteiger partial charge is 0.268 e. The van der Waals surface area contributed by atoms with Gasteiger partial charge in [0.05, 0.1) is 0 Å². The number of carbonyl (C=O) groups excluding carboxylic acids is 1. The summed E-state index contributed by atoms with van der Waals surface area (Å²) in [5, 5.41) is 8.45. The van der Waals surface area contributed by atoms with Gasteiger partial charge in [-0.15, -0.1) is 10.2 Å². The van der Waals surface area contributed by atoms with Gasteiger partial charge in [0.25, 0.3) is 5.91 Å². The second kappa shape index (κ2) is 9.73. The Morgan fingerprint density at radius 3 is 2.42 bits per heavy atom. The number of hydrogen-bond acceptors (Lipinski definition) is 3. The predicted molar refractivity (Wildman–Crippen MR) is 128 cm³/mol. The number of nitrogens with zero attached hydrogens (tertiary/aromatic N) is 3. The van der Waals surface area contributed by atoms with Gasteiger partial charge in [-0.05, 0) is 68.7 Å². The zero-order chi connectivity index (χ0) is 22.4. The van der Waals surface area contributed by atoms with E-state index >= 15 is 0 Å². The molecule has 1 aromatic heterocycles. The minimum atomic E-state index is -0.273. The van der Waals surface area contributed by atoms with E-state index in [4.69, 9.17) is 0 Å². The highest BCUT2D eigenvalue weighted by Crippen LogP contribution is 2.40. The zero-order valence-corrected chi connectivity index (χ0v) is 19.1. The summed E-state index contributed by atoms with van der Waals surface area (Å²) in [7, 11) is 0. The summed E-state index contributed by atoms with van der Waals surface area (Å²) < 4.78 is 0. The topological polar surface area (TPSA) is 59.8 Å². The maximum absolute atomic E-state index is 12.2. The fourth-order valence-corrected chi connectivity index (χ4v) is 3.93. The molecule has 1 N–H and O–H groups in total. The fraction of sp³-hybridized carbons (Fsp3) is 0.346. The molecule has 5 heteroatoms. The third-order valence-corrected chi connectivity index (χ3v) is 5.63. The molecule has 3 rings (SSSR count). The summed E-state index contributed by atoms with van der Waals surface area (Å²) in [4.78, 5) is 13.4. The van der Waals surface area contributed by atoms with Crippen LogP contribution in [0.2, 0.25) is 0 Å². The molecule has 1 aliphatic carbocycles. The monoisotopic (exact) mass is 416 g/mol. The Morgan fingerprint density at radius 1 is 1.10 bits per heavy atom. The van der Waals surface area contributed by atoms with Crippen LogP contribution < -0.4 is 5.43 Å². The average molecular weight is 417 g/mol. The third kappa shape index (κ3) is 6.14. The van der Waals surface area contributed by atoms with Crippen LogP contribution in [-0.4, -0.2) is 21.0 Å². The van der Waals surface area contributed by atoms with Gasteiger partial charge in [0.2, 0.25) is 0 Å². The van der Waals surface area contributed by atoms with Gasteiger partial charge in [-0.3, -0.25) is 4.79 Å². The molecule has 1 amide bonds. The number of carbonyl (C=O) groups is 1. The molecule has 5 nitrogen and oxygen atoms in total. The highest BCUT2D eigenvalue weighted by molar-refractivity contribution is 5.94. The summed E-state index contributed by atoms with van der Waals surface area (Å²) in [6, 6.07) is 7.48. The molecule has 0 radical (unpaired) electrons. The van der Waals surface area contributed by atoms with Crippen molar-refractivity contribution in [2.24, 2.45) is 5.41 Å². The van der Waals surface area contributed by atoms with Gasteiger partial charge in [-0.2, -0.15) is 0 Å². The summed E-state index contributed by atoms with van der Waals surface area (Å²) >= 11 is 0. The van der Waals surface area contributed by atoms with Gasteiger partial charge in [-0.1, -0.05) is 72.4 Å². The molecule has 0 unspecified atom stereocenters. The van der Waals surface area contributed by atoms with Crippen LogP contribution in [0.25, 0.3) is 11.0 Å². The zero-order valence-electron chi connectivity index (χ0n) is 19.1. The van der Waals surface area contributed by atoms with Crippen molar-refractivity contribution in [2.45, 2.75) is 53.9 Å². The Labute approximate surface area is 184 Å². The molecule has 1 heterocycles. The minimum absolute atomic E-state index is 0.247. The number of hydrogen-bond donors (Lipinski definition) is 1. The number of rotatable bonds is 6. The van der Waals surface area contributed by atoms with Crippen LogP contribution in [-0.2, 0) is 4.79 Å². The summed E-state index contributed by atoms with van der Waals surface area (Å²) in [5.74, 6) is -0.273. The Hall–Kier alpha value is -3.21. The third-order valence-electron chi connectivity index (χ3n) is 5.63. The first kappa shape index (κ1) is 22.5. The summed E-state index contributed by atoms with van der Waals surface area (Å²) in [6.45, 7) is 10.9. The van der Waals surface area contributed by atoms with Crippen molar-refractivity contribution >= 4 is 16.9 Å². The second-order valence-corrected chi connectivity index (χ2v) is 8.88. The van der Waals surface area contributed by atoms with Crippen molar-refractivity contribution < 1.29 is 4.79 Å². The Kier molecular flexibility index (Phi) is 7.06. The van der Waals surface area contributed by atoms with Gasteiger partial charge >= 0.3 is 0 Å². The fourth-order valence-electron chi connectivity index (χ4n) is 3.93. The van der Waals surface area contributed by atoms with Crippen molar-refractivity contribution in [1.82, 2.24) is 15.1 Å². The van der Waals surface area contributed by atoms with Crippen LogP contribution in [0.1, 0.15) is 53.9 Å². The van der Waals surface area contributed by atoms with Crippen LogP contribution in [0.5, 0.6) is 0 Å². The Bertz CT molecular complexity index is 1080. The molecule has 1 aromatic carbocycles. The van der Waals surface area contributed by atoms with E-state index in [1.54, 1.807) is 0 Å². The van der Waals surface area contributed by atoms with Gasteiger partial charge in [-0.25, -0.2) is 5.43 Å². The van der Waals surface area contributed by atoms with E-state index < -0.39 is 0 Å². The molecule has 0 atom stereocenters. The Morgan fingerprint density at radius 2 is 1.77 bits per heavy atom. The molecule has 31 heavy (non-hydrogen) atoms. The molecule has 162 valence electrons. The number of allylic oxidation sites excluding steroid dienone is 9. The van der Waals surface area contributed by atoms with E-state index in [0.717, 1.165) is 16.6 Å². The molecule has 0 fully saturated rings. The van der Waals surface area contributed by atoms with E-state index in [-0.39, 0.29) is 11.3 Å². The number of aromatic nitrogens is 3. The van der Waals surface area contributed by atoms with Crippen LogP contribution >= 0.6 is 0 Å². The van der Waals surface area contributed by atoms with Crippen LogP contribution in [0.4, 0.5) is 0 Å². The van der Waals surface area contributed by atoms with Gasteiger partial charge < -0.3 is 0 Å². The molecule has 0 saturated heterocycles. The van der Waals surface area contributed by atoms with E-state index in [9.17, 15) is 4.79 Å². The quantitative estimate of drug-likeness (QED) is 0.462. The lowest BCUT2D eigenvalue weighted by Crippen LogP contribution is -2.23. The molecular weight excluding hydrogens is 384 g/mol. The second-order valence-electron chi connectivity index (χ2n) is 8.88. The van der Waals surface area contributed by atoms with Crippen LogP contribution in [0, 0.1) is 5.41 Å². The van der Waals surface area contributed by atoms with Gasteiger partial charge in [0, 0.05) is 6.08 Å². The van der Waals surface area contributed by atoms with Gasteiger partial charge in [0.1, 0.15) is 11.0 Å². The first-order valence-electron chi connectivity index (χ1n) is 10.8.